The van der Waals surface area contributed by atoms with Gasteiger partial charge in [-0.2, -0.15) is 0 Å². The zero-order valence-corrected chi connectivity index (χ0v) is 12.5. The van der Waals surface area contributed by atoms with E-state index in [2.05, 4.69) is 27.9 Å². The van der Waals surface area contributed by atoms with Crippen molar-refractivity contribution in [1.29, 1.82) is 0 Å². The summed E-state index contributed by atoms with van der Waals surface area (Å²) in [6, 6.07) is 3.62. The maximum atomic E-state index is 13.4. The standard InChI is InChI=1S/C13H16F2INO/c1-8(2)12(7-16)17-13(18)6-9-10(14)4-3-5-11(9)15/h3-5,8,12H,6-7H2,1-2H3,(H,17,18). The third-order valence-corrected chi connectivity index (χ3v) is 3.67. The van der Waals surface area contributed by atoms with Crippen molar-refractivity contribution in [3.05, 3.63) is 35.4 Å². The summed E-state index contributed by atoms with van der Waals surface area (Å²) in [6.45, 7) is 3.99. The highest BCUT2D eigenvalue weighted by atomic mass is 127. The summed E-state index contributed by atoms with van der Waals surface area (Å²) in [6.07, 6.45) is -0.266. The predicted molar refractivity (Wildman–Crippen MR) is 75.7 cm³/mol. The molecule has 1 atom stereocenters. The number of hydrogen-bond acceptors (Lipinski definition) is 1. The number of amides is 1. The second-order valence-corrected chi connectivity index (χ2v) is 5.33. The van der Waals surface area contributed by atoms with Gasteiger partial charge in [-0.05, 0) is 18.1 Å². The molecule has 1 aromatic carbocycles. The van der Waals surface area contributed by atoms with Crippen LogP contribution in [-0.4, -0.2) is 16.4 Å². The Balaban J connectivity index is 2.70. The van der Waals surface area contributed by atoms with Gasteiger partial charge in [0.2, 0.25) is 5.91 Å². The summed E-state index contributed by atoms with van der Waals surface area (Å²) >= 11 is 2.18. The molecule has 0 fully saturated rings. The highest BCUT2D eigenvalue weighted by Gasteiger charge is 2.17. The van der Waals surface area contributed by atoms with E-state index in [1.165, 1.54) is 6.07 Å². The van der Waals surface area contributed by atoms with E-state index >= 15 is 0 Å². The average molecular weight is 367 g/mol. The number of nitrogens with one attached hydrogen (secondary N) is 1. The number of alkyl halides is 1. The number of halogens is 3. The lowest BCUT2D eigenvalue weighted by atomic mass is 10.1. The number of rotatable bonds is 5. The van der Waals surface area contributed by atoms with Crippen LogP contribution in [0.25, 0.3) is 0 Å². The molecule has 0 heterocycles. The number of hydrogen-bond donors (Lipinski definition) is 1. The molecule has 1 unspecified atom stereocenters. The van der Waals surface area contributed by atoms with Gasteiger partial charge in [0.05, 0.1) is 6.42 Å². The van der Waals surface area contributed by atoms with Gasteiger partial charge in [-0.3, -0.25) is 4.79 Å². The molecule has 1 aromatic rings. The fourth-order valence-corrected chi connectivity index (χ4v) is 2.74. The molecule has 0 aliphatic carbocycles. The molecule has 1 amide bonds. The van der Waals surface area contributed by atoms with Gasteiger partial charge in [-0.25, -0.2) is 8.78 Å². The summed E-state index contributed by atoms with van der Waals surface area (Å²) < 4.78 is 27.5. The molecular weight excluding hydrogens is 351 g/mol. The molecule has 0 saturated heterocycles. The van der Waals surface area contributed by atoms with Crippen LogP contribution in [0.1, 0.15) is 19.4 Å². The molecule has 5 heteroatoms. The fraction of sp³-hybridized carbons (Fsp3) is 0.462. The van der Waals surface area contributed by atoms with Crippen molar-refractivity contribution < 1.29 is 13.6 Å². The van der Waals surface area contributed by atoms with Crippen LogP contribution in [0.4, 0.5) is 8.78 Å². The Hall–Kier alpha value is -0.720. The smallest absolute Gasteiger partial charge is 0.224 e. The minimum absolute atomic E-state index is 0.0212. The van der Waals surface area contributed by atoms with Crippen molar-refractivity contribution in [2.45, 2.75) is 26.3 Å². The van der Waals surface area contributed by atoms with Crippen LogP contribution in [-0.2, 0) is 11.2 Å². The zero-order chi connectivity index (χ0) is 13.7. The summed E-state index contributed by atoms with van der Waals surface area (Å²) in [4.78, 5) is 11.7. The first-order valence-electron chi connectivity index (χ1n) is 5.74. The van der Waals surface area contributed by atoms with E-state index in [9.17, 15) is 13.6 Å². The van der Waals surface area contributed by atoms with Gasteiger partial charge in [-0.15, -0.1) is 0 Å². The quantitative estimate of drug-likeness (QED) is 0.629. The zero-order valence-electron chi connectivity index (χ0n) is 10.3. The van der Waals surface area contributed by atoms with Crippen LogP contribution >= 0.6 is 22.6 Å². The molecule has 0 aliphatic heterocycles. The van der Waals surface area contributed by atoms with Crippen molar-refractivity contribution in [2.75, 3.05) is 4.43 Å². The molecule has 0 aliphatic rings. The van der Waals surface area contributed by atoms with Gasteiger partial charge in [0.15, 0.2) is 0 Å². The summed E-state index contributed by atoms with van der Waals surface area (Å²) in [5, 5.41) is 2.79. The van der Waals surface area contributed by atoms with Crippen LogP contribution in [0.2, 0.25) is 0 Å². The molecular formula is C13H16F2INO. The van der Waals surface area contributed by atoms with Crippen molar-refractivity contribution in [3.63, 3.8) is 0 Å². The molecule has 0 bridgehead atoms. The predicted octanol–water partition coefficient (Wildman–Crippen LogP) is 3.08. The van der Waals surface area contributed by atoms with Crippen molar-refractivity contribution >= 4 is 28.5 Å². The third kappa shape index (κ3) is 4.19. The Kier molecular flexibility index (Phi) is 5.98. The summed E-state index contributed by atoms with van der Waals surface area (Å²) in [5.74, 6) is -1.42. The molecule has 1 rings (SSSR count). The van der Waals surface area contributed by atoms with Crippen LogP contribution in [0.15, 0.2) is 18.2 Å². The van der Waals surface area contributed by atoms with Crippen LogP contribution in [0.5, 0.6) is 0 Å². The van der Waals surface area contributed by atoms with Gasteiger partial charge < -0.3 is 5.32 Å². The largest absolute Gasteiger partial charge is 0.352 e. The van der Waals surface area contributed by atoms with Crippen molar-refractivity contribution in [3.8, 4) is 0 Å². The molecule has 0 spiro atoms. The Labute approximate surface area is 119 Å². The Morgan fingerprint density at radius 1 is 1.33 bits per heavy atom. The molecule has 18 heavy (non-hydrogen) atoms. The van der Waals surface area contributed by atoms with Crippen molar-refractivity contribution in [2.24, 2.45) is 5.92 Å². The highest BCUT2D eigenvalue weighted by Crippen LogP contribution is 2.13. The molecule has 2 nitrogen and oxygen atoms in total. The van der Waals surface area contributed by atoms with E-state index in [-0.39, 0.29) is 29.9 Å². The number of carbonyl (C=O) groups is 1. The van der Waals surface area contributed by atoms with Gasteiger partial charge in [0.25, 0.3) is 0 Å². The van der Waals surface area contributed by atoms with Gasteiger partial charge in [-0.1, -0.05) is 42.5 Å². The Bertz CT molecular complexity index is 403. The number of benzene rings is 1. The molecule has 0 radical (unpaired) electrons. The monoisotopic (exact) mass is 367 g/mol. The lowest BCUT2D eigenvalue weighted by Gasteiger charge is -2.20. The Morgan fingerprint density at radius 2 is 1.89 bits per heavy atom. The van der Waals surface area contributed by atoms with Crippen LogP contribution in [0, 0.1) is 17.6 Å². The van der Waals surface area contributed by atoms with Crippen LogP contribution in [0.3, 0.4) is 0 Å². The van der Waals surface area contributed by atoms with Gasteiger partial charge in [0.1, 0.15) is 11.6 Å². The third-order valence-electron chi connectivity index (χ3n) is 2.72. The first-order valence-corrected chi connectivity index (χ1v) is 7.26. The molecule has 0 saturated carbocycles. The second kappa shape index (κ2) is 7.01. The van der Waals surface area contributed by atoms with Gasteiger partial charge >= 0.3 is 0 Å². The SMILES string of the molecule is CC(C)C(CI)NC(=O)Cc1c(F)cccc1F. The number of carbonyl (C=O) groups excluding carboxylic acids is 1. The maximum Gasteiger partial charge on any atom is 0.224 e. The summed E-state index contributed by atoms with van der Waals surface area (Å²) in [5.41, 5.74) is -0.175. The molecule has 1 N–H and O–H groups in total. The normalized spacial score (nSPS) is 12.6. The van der Waals surface area contributed by atoms with E-state index < -0.39 is 11.6 Å². The lowest BCUT2D eigenvalue weighted by Crippen LogP contribution is -2.40. The minimum Gasteiger partial charge on any atom is -0.352 e. The van der Waals surface area contributed by atoms with Crippen LogP contribution < -0.4 is 5.32 Å². The van der Waals surface area contributed by atoms with E-state index in [0.29, 0.717) is 0 Å². The first-order chi connectivity index (χ1) is 8.45. The fourth-order valence-electron chi connectivity index (χ4n) is 1.50. The average Bonchev–Trinajstić information content (AvgIpc) is 2.30. The Morgan fingerprint density at radius 3 is 2.33 bits per heavy atom. The minimum atomic E-state index is -0.680. The highest BCUT2D eigenvalue weighted by molar-refractivity contribution is 14.1. The second-order valence-electron chi connectivity index (χ2n) is 4.45. The van der Waals surface area contributed by atoms with E-state index in [1.807, 2.05) is 13.8 Å². The van der Waals surface area contributed by atoms with E-state index in [4.69, 9.17) is 0 Å². The van der Waals surface area contributed by atoms with Crippen molar-refractivity contribution in [1.82, 2.24) is 5.32 Å². The lowest BCUT2D eigenvalue weighted by molar-refractivity contribution is -0.121. The topological polar surface area (TPSA) is 29.1 Å². The first kappa shape index (κ1) is 15.3. The van der Waals surface area contributed by atoms with E-state index in [0.717, 1.165) is 16.6 Å². The van der Waals surface area contributed by atoms with Gasteiger partial charge in [0, 0.05) is 16.0 Å². The molecule has 0 aromatic heterocycles. The summed E-state index contributed by atoms with van der Waals surface area (Å²) in [7, 11) is 0. The molecule has 100 valence electrons. The maximum absolute atomic E-state index is 13.4. The van der Waals surface area contributed by atoms with E-state index in [1.54, 1.807) is 0 Å².